The van der Waals surface area contributed by atoms with Crippen LogP contribution < -0.4 is 14.4 Å². The van der Waals surface area contributed by atoms with Crippen molar-refractivity contribution in [1.29, 1.82) is 0 Å². The lowest BCUT2D eigenvalue weighted by molar-refractivity contribution is -0.438. The number of unbranched alkanes of at least 4 members (excludes halogenated alkanes) is 9. The molecule has 0 unspecified atom stereocenters. The summed E-state index contributed by atoms with van der Waals surface area (Å²) in [6.45, 7) is 13.8. The molecule has 1 aromatic heterocycles. The van der Waals surface area contributed by atoms with Gasteiger partial charge in [0, 0.05) is 62.6 Å². The molecule has 0 saturated carbocycles. The van der Waals surface area contributed by atoms with Gasteiger partial charge in [0.1, 0.15) is 18.0 Å². The second kappa shape index (κ2) is 23.5. The van der Waals surface area contributed by atoms with Gasteiger partial charge in [-0.2, -0.15) is 4.58 Å². The maximum absolute atomic E-state index is 11.8. The van der Waals surface area contributed by atoms with Crippen LogP contribution in [0.4, 0.5) is 22.7 Å². The molecule has 0 atom stereocenters. The van der Waals surface area contributed by atoms with Gasteiger partial charge >= 0.3 is 5.97 Å². The number of thiophene rings is 1. The van der Waals surface area contributed by atoms with Crippen molar-refractivity contribution in [3.63, 3.8) is 0 Å². The van der Waals surface area contributed by atoms with E-state index in [1.807, 2.05) is 18.2 Å². The summed E-state index contributed by atoms with van der Waals surface area (Å²) in [7, 11) is 0. The first-order valence-corrected chi connectivity index (χ1v) is 25.3. The molecular formula is C59H69N2O4S+. The topological polar surface area (TPSA) is 62.0 Å². The van der Waals surface area contributed by atoms with Crippen molar-refractivity contribution in [1.82, 2.24) is 0 Å². The Balaban J connectivity index is 1.13. The highest BCUT2D eigenvalue weighted by Gasteiger charge is 2.43. The Morgan fingerprint density at radius 3 is 1.86 bits per heavy atom. The quantitative estimate of drug-likeness (QED) is 0.0458. The van der Waals surface area contributed by atoms with E-state index in [-0.39, 0.29) is 11.0 Å². The predicted molar refractivity (Wildman–Crippen MR) is 279 cm³/mol. The van der Waals surface area contributed by atoms with E-state index in [2.05, 4.69) is 153 Å². The van der Waals surface area contributed by atoms with Crippen molar-refractivity contribution >= 4 is 51.8 Å². The highest BCUT2D eigenvalue weighted by molar-refractivity contribution is 7.16. The van der Waals surface area contributed by atoms with E-state index in [0.717, 1.165) is 71.1 Å². The van der Waals surface area contributed by atoms with Gasteiger partial charge in [-0.15, -0.1) is 11.3 Å². The van der Waals surface area contributed by atoms with E-state index in [9.17, 15) is 9.90 Å². The molecule has 0 fully saturated rings. The normalized spacial score (nSPS) is 13.0. The lowest BCUT2D eigenvalue weighted by atomic mass is 9.81. The molecule has 1 N–H and O–H groups in total. The molecular weight excluding hydrogens is 833 g/mol. The fourth-order valence-corrected chi connectivity index (χ4v) is 9.90. The second-order valence-electron chi connectivity index (χ2n) is 18.0. The Morgan fingerprint density at radius 1 is 0.636 bits per heavy atom. The van der Waals surface area contributed by atoms with E-state index in [4.69, 9.17) is 9.47 Å². The molecule has 0 radical (unpaired) electrons. The Bertz CT molecular complexity index is 2550. The molecule has 0 spiro atoms. The van der Waals surface area contributed by atoms with Crippen molar-refractivity contribution in [2.45, 2.75) is 117 Å². The van der Waals surface area contributed by atoms with Gasteiger partial charge < -0.3 is 19.5 Å². The molecule has 0 saturated heterocycles. The van der Waals surface area contributed by atoms with E-state index in [0.29, 0.717) is 13.2 Å². The molecule has 66 heavy (non-hydrogen) atoms. The number of allylic oxidation sites excluding steroid dienone is 1. The van der Waals surface area contributed by atoms with Crippen LogP contribution in [0.2, 0.25) is 0 Å². The van der Waals surface area contributed by atoms with Gasteiger partial charge in [0.05, 0.1) is 24.2 Å². The van der Waals surface area contributed by atoms with E-state index in [1.165, 1.54) is 84.5 Å². The summed E-state index contributed by atoms with van der Waals surface area (Å²) in [5.41, 5.74) is 10.3. The van der Waals surface area contributed by atoms with Gasteiger partial charge in [0.25, 0.3) is 0 Å². The van der Waals surface area contributed by atoms with Crippen molar-refractivity contribution in [2.75, 3.05) is 24.7 Å². The molecule has 6 aromatic rings. The van der Waals surface area contributed by atoms with Crippen LogP contribution in [0, 0.1) is 0 Å². The molecule has 0 aliphatic carbocycles. The molecule has 7 rings (SSSR count). The minimum absolute atomic E-state index is 0.0766. The monoisotopic (exact) mass is 901 g/mol. The number of carbonyl (C=O) groups is 1. The minimum atomic E-state index is -0.946. The molecule has 344 valence electrons. The van der Waals surface area contributed by atoms with Gasteiger partial charge in [-0.1, -0.05) is 115 Å². The highest BCUT2D eigenvalue weighted by atomic mass is 32.1. The molecule has 1 aliphatic rings. The van der Waals surface area contributed by atoms with Gasteiger partial charge in [-0.3, -0.25) is 0 Å². The number of carboxylic acid groups (broad SMARTS) is 1. The summed E-state index contributed by atoms with van der Waals surface area (Å²) < 4.78 is 15.2. The second-order valence-corrected chi connectivity index (χ2v) is 19.1. The first-order chi connectivity index (χ1) is 32.2. The van der Waals surface area contributed by atoms with Crippen LogP contribution in [0.1, 0.15) is 132 Å². The fraction of sp³-hybridized carbons (Fsp3) is 0.356. The summed E-state index contributed by atoms with van der Waals surface area (Å²) >= 11 is 1.80. The zero-order valence-corrected chi connectivity index (χ0v) is 40.7. The fourth-order valence-electron chi connectivity index (χ4n) is 8.98. The number of para-hydroxylation sites is 1. The minimum Gasteiger partial charge on any atom is -0.493 e. The number of nitrogens with zero attached hydrogens (tertiary/aromatic N) is 2. The average Bonchev–Trinajstić information content (AvgIpc) is 3.90. The number of anilines is 3. The first kappa shape index (κ1) is 48.0. The number of rotatable bonds is 25. The third kappa shape index (κ3) is 11.9. The van der Waals surface area contributed by atoms with Crippen LogP contribution in [0.5, 0.6) is 11.5 Å². The lowest BCUT2D eigenvalue weighted by Gasteiger charge is -2.26. The summed E-state index contributed by atoms with van der Waals surface area (Å²) in [5.74, 6) is 0.725. The number of fused-ring (bicyclic) bond motifs is 1. The van der Waals surface area contributed by atoms with Crippen LogP contribution in [-0.4, -0.2) is 41.1 Å². The molecule has 0 amide bonds. The zero-order valence-electron chi connectivity index (χ0n) is 39.9. The van der Waals surface area contributed by atoms with Crippen molar-refractivity contribution < 1.29 is 24.0 Å². The van der Waals surface area contributed by atoms with Crippen molar-refractivity contribution in [3.05, 3.63) is 149 Å². The van der Waals surface area contributed by atoms with Crippen LogP contribution in [0.3, 0.4) is 0 Å². The zero-order chi connectivity index (χ0) is 46.3. The summed E-state index contributed by atoms with van der Waals surface area (Å²) in [5, 5.41) is 9.70. The van der Waals surface area contributed by atoms with Crippen LogP contribution >= 0.6 is 11.3 Å². The third-order valence-corrected chi connectivity index (χ3v) is 13.9. The van der Waals surface area contributed by atoms with E-state index in [1.54, 1.807) is 23.5 Å². The number of aromatic carboxylic acids is 1. The first-order valence-electron chi connectivity index (χ1n) is 24.5. The molecule has 0 bridgehead atoms. The maximum Gasteiger partial charge on any atom is 0.335 e. The smallest absolute Gasteiger partial charge is 0.335 e. The largest absolute Gasteiger partial charge is 0.493 e. The van der Waals surface area contributed by atoms with Crippen LogP contribution in [0.25, 0.3) is 27.6 Å². The summed E-state index contributed by atoms with van der Waals surface area (Å²) in [6, 6.07) is 43.9. The summed E-state index contributed by atoms with van der Waals surface area (Å²) in [4.78, 5) is 16.4. The number of hydrogen-bond donors (Lipinski definition) is 1. The van der Waals surface area contributed by atoms with E-state index >= 15 is 0 Å². The van der Waals surface area contributed by atoms with Crippen LogP contribution in [0.15, 0.2) is 133 Å². The Labute approximate surface area is 398 Å². The van der Waals surface area contributed by atoms with Gasteiger partial charge in [0.2, 0.25) is 5.69 Å². The Morgan fingerprint density at radius 2 is 1.23 bits per heavy atom. The van der Waals surface area contributed by atoms with Crippen molar-refractivity contribution in [2.24, 2.45) is 0 Å². The van der Waals surface area contributed by atoms with Gasteiger partial charge in [-0.05, 0) is 123 Å². The lowest BCUT2D eigenvalue weighted by Crippen LogP contribution is -2.27. The molecule has 2 heterocycles. The average molecular weight is 902 g/mol. The number of ether oxygens (including phenoxy) is 2. The SMILES string of the molecule is CCCCCCOc1ccc(-c2ccc(N(c3ccc(C(=O)O)cc3)c3ccc(-c4ccc(C=CC5=[N+](CCCCCC)c6ccccc6C5(C)C)s4)cc3)cc2)c(OCCCCCC)c1. The Hall–Kier alpha value is -5.92. The molecule has 1 aliphatic heterocycles. The standard InChI is InChI=1S/C59H68N2O4S/c1-6-9-12-17-40-60-54-21-16-15-20-53(54)59(4,5)57(60)39-36-51-35-38-56(66-51)45-24-30-48(31-25-45)61(49-32-26-46(27-33-49)58(62)63)47-28-22-44(23-29-47)52-37-34-50(64-41-18-13-10-7-2)43-55(52)65-42-19-14-11-8-3/h15-16,20-39,43H,6-14,17-19,40-42H2,1-5H3/p+1. The third-order valence-electron chi connectivity index (χ3n) is 12.8. The van der Waals surface area contributed by atoms with E-state index < -0.39 is 5.97 Å². The van der Waals surface area contributed by atoms with Gasteiger partial charge in [-0.25, -0.2) is 4.79 Å². The molecule has 5 aromatic carbocycles. The number of hydrogen-bond acceptors (Lipinski definition) is 5. The highest BCUT2D eigenvalue weighted by Crippen LogP contribution is 2.42. The van der Waals surface area contributed by atoms with Crippen molar-refractivity contribution in [3.8, 4) is 33.1 Å². The maximum atomic E-state index is 11.8. The molecule has 6 nitrogen and oxygen atoms in total. The van der Waals surface area contributed by atoms with Gasteiger partial charge in [0.15, 0.2) is 5.71 Å². The Kier molecular flexibility index (Phi) is 17.1. The predicted octanol–water partition coefficient (Wildman–Crippen LogP) is 16.8. The molecule has 7 heteroatoms. The number of carboxylic acids is 1. The number of benzene rings is 5. The summed E-state index contributed by atoms with van der Waals surface area (Å²) in [6.07, 6.45) is 18.8. The van der Waals surface area contributed by atoms with Crippen LogP contribution in [-0.2, 0) is 5.41 Å².